The number of rotatable bonds is 5. The number of β-amino-alcohol motifs (C(OH)–C–C–N with tert-alkyl or cyclic N) is 1. The van der Waals surface area contributed by atoms with Crippen LogP contribution in [0.2, 0.25) is 0 Å². The second-order valence-electron chi connectivity index (χ2n) is 5.10. The third-order valence-electron chi connectivity index (χ3n) is 3.44. The van der Waals surface area contributed by atoms with Crippen molar-refractivity contribution in [3.63, 3.8) is 0 Å². The number of nitrogens with zero attached hydrogens (tertiary/aromatic N) is 2. The summed E-state index contributed by atoms with van der Waals surface area (Å²) in [6.45, 7) is 2.81. The van der Waals surface area contributed by atoms with E-state index < -0.39 is 6.10 Å². The molecule has 2 rings (SSSR count). The second kappa shape index (κ2) is 9.60. The fourth-order valence-corrected chi connectivity index (χ4v) is 2.42. The van der Waals surface area contributed by atoms with Gasteiger partial charge >= 0.3 is 0 Å². The number of likely N-dealkylation sites (tertiary alicyclic amines) is 1. The van der Waals surface area contributed by atoms with Crippen LogP contribution in [-0.4, -0.2) is 53.5 Å². The maximum atomic E-state index is 9.99. The molecule has 118 valence electrons. The molecule has 2 N–H and O–H groups in total. The fraction of sp³-hybridized carbons (Fsp3) is 0.533. The van der Waals surface area contributed by atoms with Crippen LogP contribution in [0.5, 0.6) is 0 Å². The van der Waals surface area contributed by atoms with Crippen molar-refractivity contribution in [3.8, 4) is 0 Å². The highest BCUT2D eigenvalue weighted by Gasteiger charge is 2.16. The number of ether oxygens (including phenoxy) is 1. The number of halogens is 1. The number of oxime groups is 1. The fourth-order valence-electron chi connectivity index (χ4n) is 2.42. The number of hydrogen-bond donors (Lipinski definition) is 2. The highest BCUT2D eigenvalue weighted by molar-refractivity contribution is 5.93. The van der Waals surface area contributed by atoms with E-state index in [0.717, 1.165) is 13.1 Å². The third-order valence-corrected chi connectivity index (χ3v) is 3.44. The highest BCUT2D eigenvalue weighted by Crippen LogP contribution is 2.09. The molecule has 1 atom stereocenters. The Bertz CT molecular complexity index is 422. The maximum absolute atomic E-state index is 9.99. The number of benzene rings is 1. The van der Waals surface area contributed by atoms with E-state index in [0.29, 0.717) is 12.1 Å². The lowest BCUT2D eigenvalue weighted by Gasteiger charge is -2.28. The minimum atomic E-state index is -0.575. The van der Waals surface area contributed by atoms with Gasteiger partial charge in [0, 0.05) is 12.1 Å². The summed E-state index contributed by atoms with van der Waals surface area (Å²) in [5, 5.41) is 22.1. The normalized spacial score (nSPS) is 17.9. The van der Waals surface area contributed by atoms with Gasteiger partial charge in [-0.05, 0) is 43.2 Å². The summed E-state index contributed by atoms with van der Waals surface area (Å²) in [6, 6.07) is 9.16. The van der Waals surface area contributed by atoms with Gasteiger partial charge in [0.2, 0.25) is 0 Å². The Morgan fingerprint density at radius 1 is 1.19 bits per heavy atom. The van der Waals surface area contributed by atoms with Gasteiger partial charge in [-0.2, -0.15) is 0 Å². The van der Waals surface area contributed by atoms with Gasteiger partial charge in [-0.1, -0.05) is 24.6 Å². The summed E-state index contributed by atoms with van der Waals surface area (Å²) in [6.07, 6.45) is 3.09. The largest absolute Gasteiger partial charge is 0.472 e. The average Bonchev–Trinajstić information content (AvgIpc) is 2.50. The zero-order chi connectivity index (χ0) is 14.2. The number of piperidine rings is 1. The molecule has 0 saturated carbocycles. The standard InChI is InChI=1S/C15H22N2O3.ClH/c18-14(11-17-9-5-2-6-10-17)12-20-15(16-19)13-7-3-1-4-8-13;/h1,3-4,7-8,14,18-19H,2,5-6,9-12H2;1H. The molecule has 21 heavy (non-hydrogen) atoms. The lowest BCUT2D eigenvalue weighted by Crippen LogP contribution is -2.38. The van der Waals surface area contributed by atoms with Gasteiger partial charge in [-0.15, -0.1) is 12.4 Å². The molecule has 1 unspecified atom stereocenters. The van der Waals surface area contributed by atoms with Crippen LogP contribution in [0.15, 0.2) is 35.5 Å². The van der Waals surface area contributed by atoms with Crippen molar-refractivity contribution >= 4 is 18.3 Å². The molecule has 1 aliphatic heterocycles. The molecule has 6 heteroatoms. The minimum absolute atomic E-state index is 0. The zero-order valence-electron chi connectivity index (χ0n) is 12.0. The maximum Gasteiger partial charge on any atom is 0.257 e. The molecular weight excluding hydrogens is 292 g/mol. The predicted molar refractivity (Wildman–Crippen MR) is 84.3 cm³/mol. The second-order valence-corrected chi connectivity index (χ2v) is 5.10. The molecule has 0 bridgehead atoms. The number of hydrogen-bond acceptors (Lipinski definition) is 5. The van der Waals surface area contributed by atoms with E-state index in [1.165, 1.54) is 19.3 Å². The smallest absolute Gasteiger partial charge is 0.257 e. The molecule has 1 aromatic rings. The van der Waals surface area contributed by atoms with Gasteiger partial charge in [-0.25, -0.2) is 0 Å². The molecule has 1 aliphatic rings. The van der Waals surface area contributed by atoms with Crippen molar-refractivity contribution in [1.29, 1.82) is 0 Å². The molecule has 1 saturated heterocycles. The van der Waals surface area contributed by atoms with Crippen molar-refractivity contribution in [2.75, 3.05) is 26.2 Å². The highest BCUT2D eigenvalue weighted by atomic mass is 35.5. The van der Waals surface area contributed by atoms with Crippen LogP contribution in [0.25, 0.3) is 0 Å². The predicted octanol–water partition coefficient (Wildman–Crippen LogP) is 2.11. The Morgan fingerprint density at radius 3 is 2.48 bits per heavy atom. The van der Waals surface area contributed by atoms with Crippen molar-refractivity contribution in [3.05, 3.63) is 35.9 Å². The lowest BCUT2D eigenvalue weighted by atomic mass is 10.1. The summed E-state index contributed by atoms with van der Waals surface area (Å²) in [5.41, 5.74) is 0.695. The van der Waals surface area contributed by atoms with Gasteiger partial charge < -0.3 is 20.0 Å². The van der Waals surface area contributed by atoms with E-state index in [-0.39, 0.29) is 24.9 Å². The van der Waals surface area contributed by atoms with Gasteiger partial charge in [0.25, 0.3) is 5.90 Å². The lowest BCUT2D eigenvalue weighted by molar-refractivity contribution is 0.0564. The van der Waals surface area contributed by atoms with Gasteiger partial charge in [0.1, 0.15) is 12.7 Å². The molecule has 0 amide bonds. The monoisotopic (exact) mass is 314 g/mol. The van der Waals surface area contributed by atoms with Gasteiger partial charge in [0.15, 0.2) is 0 Å². The number of aliphatic hydroxyl groups is 1. The van der Waals surface area contributed by atoms with Crippen molar-refractivity contribution in [2.45, 2.75) is 25.4 Å². The first-order valence-corrected chi connectivity index (χ1v) is 7.10. The van der Waals surface area contributed by atoms with Crippen LogP contribution in [0.1, 0.15) is 24.8 Å². The van der Waals surface area contributed by atoms with E-state index in [1.54, 1.807) is 12.1 Å². The Morgan fingerprint density at radius 2 is 1.86 bits per heavy atom. The van der Waals surface area contributed by atoms with Crippen LogP contribution in [0.4, 0.5) is 0 Å². The van der Waals surface area contributed by atoms with Crippen LogP contribution >= 0.6 is 12.4 Å². The molecule has 0 spiro atoms. The zero-order valence-corrected chi connectivity index (χ0v) is 12.8. The van der Waals surface area contributed by atoms with Gasteiger partial charge in [-0.3, -0.25) is 0 Å². The van der Waals surface area contributed by atoms with E-state index in [9.17, 15) is 5.11 Å². The first-order valence-electron chi connectivity index (χ1n) is 7.10. The third kappa shape index (κ3) is 5.91. The molecule has 1 aromatic carbocycles. The Labute approximate surface area is 131 Å². The molecule has 0 aliphatic carbocycles. The summed E-state index contributed by atoms with van der Waals surface area (Å²) in [7, 11) is 0. The van der Waals surface area contributed by atoms with E-state index >= 15 is 0 Å². The summed E-state index contributed by atoms with van der Waals surface area (Å²) >= 11 is 0. The molecule has 0 radical (unpaired) electrons. The van der Waals surface area contributed by atoms with Crippen molar-refractivity contribution in [2.24, 2.45) is 5.16 Å². The van der Waals surface area contributed by atoms with Crippen molar-refractivity contribution < 1.29 is 15.1 Å². The topological polar surface area (TPSA) is 65.3 Å². The summed E-state index contributed by atoms with van der Waals surface area (Å²) in [4.78, 5) is 2.25. The Balaban J connectivity index is 0.00000220. The molecule has 0 aromatic heterocycles. The van der Waals surface area contributed by atoms with Crippen LogP contribution in [-0.2, 0) is 4.74 Å². The first-order chi connectivity index (χ1) is 9.79. The van der Waals surface area contributed by atoms with Crippen molar-refractivity contribution in [1.82, 2.24) is 4.90 Å². The molecular formula is C15H23ClN2O3. The average molecular weight is 315 g/mol. The SMILES string of the molecule is Cl.ON=C(OCC(O)CN1CCCCC1)c1ccccc1. The summed E-state index contributed by atoms with van der Waals surface area (Å²) in [5.74, 6) is 0.142. The summed E-state index contributed by atoms with van der Waals surface area (Å²) < 4.78 is 5.40. The van der Waals surface area contributed by atoms with E-state index in [2.05, 4.69) is 10.1 Å². The quantitative estimate of drug-likeness (QED) is 0.378. The first kappa shape index (κ1) is 17.8. The Kier molecular flexibility index (Phi) is 8.12. The molecule has 1 heterocycles. The van der Waals surface area contributed by atoms with Crippen LogP contribution < -0.4 is 0 Å². The van der Waals surface area contributed by atoms with Crippen LogP contribution in [0.3, 0.4) is 0 Å². The minimum Gasteiger partial charge on any atom is -0.472 e. The number of aliphatic hydroxyl groups excluding tert-OH is 1. The van der Waals surface area contributed by atoms with E-state index in [1.807, 2.05) is 18.2 Å². The molecule has 5 nitrogen and oxygen atoms in total. The Hall–Kier alpha value is -1.30. The molecule has 1 fully saturated rings. The van der Waals surface area contributed by atoms with Crippen LogP contribution in [0, 0.1) is 0 Å². The van der Waals surface area contributed by atoms with E-state index in [4.69, 9.17) is 9.94 Å². The van der Waals surface area contributed by atoms with Gasteiger partial charge in [0.05, 0.1) is 0 Å².